The van der Waals surface area contributed by atoms with Crippen LogP contribution in [-0.4, -0.2) is 40.6 Å². The smallest absolute Gasteiger partial charge is 0.230 e. The number of carbonyl (C=O) groups is 2. The molecule has 1 aromatic heterocycles. The highest BCUT2D eigenvalue weighted by Gasteiger charge is 2.34. The maximum Gasteiger partial charge on any atom is 0.230 e. The van der Waals surface area contributed by atoms with Crippen molar-refractivity contribution in [3.05, 3.63) is 42.1 Å². The van der Waals surface area contributed by atoms with Crippen molar-refractivity contribution >= 4 is 17.6 Å². The zero-order valence-electron chi connectivity index (χ0n) is 12.8. The van der Waals surface area contributed by atoms with Gasteiger partial charge in [0.1, 0.15) is 11.6 Å². The van der Waals surface area contributed by atoms with E-state index in [1.54, 1.807) is 24.3 Å². The third-order valence-corrected chi connectivity index (χ3v) is 3.88. The summed E-state index contributed by atoms with van der Waals surface area (Å²) in [6, 6.07) is 9.23. The van der Waals surface area contributed by atoms with Crippen molar-refractivity contribution in [3.8, 4) is 5.75 Å². The van der Waals surface area contributed by atoms with Crippen molar-refractivity contribution in [2.24, 2.45) is 5.92 Å². The number of likely N-dealkylation sites (tertiary alicyclic amines) is 1. The number of benzene rings is 1. The average Bonchev–Trinajstić information content (AvgIpc) is 3.18. The molecule has 1 aliphatic heterocycles. The van der Waals surface area contributed by atoms with E-state index in [0.717, 1.165) is 11.3 Å². The van der Waals surface area contributed by atoms with Crippen LogP contribution in [0.15, 0.2) is 36.5 Å². The van der Waals surface area contributed by atoms with Crippen LogP contribution in [0.25, 0.3) is 0 Å². The van der Waals surface area contributed by atoms with Crippen LogP contribution in [0.5, 0.6) is 5.75 Å². The Morgan fingerprint density at radius 2 is 2.17 bits per heavy atom. The molecule has 1 aliphatic rings. The summed E-state index contributed by atoms with van der Waals surface area (Å²) >= 11 is 0. The predicted molar refractivity (Wildman–Crippen MR) is 83.7 cm³/mol. The Balaban J connectivity index is 1.59. The van der Waals surface area contributed by atoms with Gasteiger partial charge in [0.2, 0.25) is 11.8 Å². The van der Waals surface area contributed by atoms with Gasteiger partial charge in [-0.1, -0.05) is 12.1 Å². The first-order valence-electron chi connectivity index (χ1n) is 7.36. The summed E-state index contributed by atoms with van der Waals surface area (Å²) < 4.78 is 5.12. The topological polar surface area (TPSA) is 87.3 Å². The maximum absolute atomic E-state index is 12.2. The second-order valence-corrected chi connectivity index (χ2v) is 5.48. The fourth-order valence-corrected chi connectivity index (χ4v) is 2.61. The van der Waals surface area contributed by atoms with E-state index >= 15 is 0 Å². The Morgan fingerprint density at radius 3 is 2.83 bits per heavy atom. The number of rotatable bonds is 5. The summed E-state index contributed by atoms with van der Waals surface area (Å²) in [5.41, 5.74) is 1.01. The Morgan fingerprint density at radius 1 is 1.39 bits per heavy atom. The van der Waals surface area contributed by atoms with Gasteiger partial charge in [0.05, 0.1) is 19.2 Å². The minimum Gasteiger partial charge on any atom is -0.497 e. The normalized spacial score (nSPS) is 17.3. The lowest BCUT2D eigenvalue weighted by Crippen LogP contribution is -2.28. The molecular weight excluding hydrogens is 296 g/mol. The van der Waals surface area contributed by atoms with Crippen LogP contribution in [0, 0.1) is 5.92 Å². The quantitative estimate of drug-likeness (QED) is 0.873. The molecule has 0 saturated carbocycles. The Labute approximate surface area is 133 Å². The Bertz CT molecular complexity index is 682. The molecule has 0 aliphatic carbocycles. The molecule has 23 heavy (non-hydrogen) atoms. The molecule has 120 valence electrons. The number of H-pyrrole nitrogens is 1. The van der Waals surface area contributed by atoms with E-state index < -0.39 is 0 Å². The van der Waals surface area contributed by atoms with Crippen LogP contribution in [-0.2, 0) is 16.1 Å². The summed E-state index contributed by atoms with van der Waals surface area (Å²) in [5.74, 6) is 0.795. The second-order valence-electron chi connectivity index (χ2n) is 5.48. The van der Waals surface area contributed by atoms with Crippen LogP contribution in [0.1, 0.15) is 12.0 Å². The van der Waals surface area contributed by atoms with E-state index in [2.05, 4.69) is 15.5 Å². The third-order valence-electron chi connectivity index (χ3n) is 3.88. The number of hydrogen-bond acceptors (Lipinski definition) is 4. The summed E-state index contributed by atoms with van der Waals surface area (Å²) in [7, 11) is 1.61. The molecule has 2 aromatic rings. The van der Waals surface area contributed by atoms with Gasteiger partial charge in [0.25, 0.3) is 0 Å². The van der Waals surface area contributed by atoms with E-state index in [0.29, 0.717) is 18.9 Å². The predicted octanol–water partition coefficient (Wildman–Crippen LogP) is 1.41. The van der Waals surface area contributed by atoms with Crippen molar-refractivity contribution in [1.29, 1.82) is 0 Å². The highest BCUT2D eigenvalue weighted by molar-refractivity contribution is 5.96. The number of nitrogens with one attached hydrogen (secondary N) is 2. The van der Waals surface area contributed by atoms with Crippen LogP contribution in [0.3, 0.4) is 0 Å². The molecule has 2 heterocycles. The fourth-order valence-electron chi connectivity index (χ4n) is 2.61. The molecule has 1 saturated heterocycles. The second kappa shape index (κ2) is 6.51. The zero-order chi connectivity index (χ0) is 16.2. The van der Waals surface area contributed by atoms with Gasteiger partial charge in [0, 0.05) is 25.6 Å². The molecule has 3 rings (SSSR count). The molecule has 1 fully saturated rings. The Kier molecular flexibility index (Phi) is 4.27. The van der Waals surface area contributed by atoms with Gasteiger partial charge in [0.15, 0.2) is 0 Å². The van der Waals surface area contributed by atoms with Crippen molar-refractivity contribution < 1.29 is 14.3 Å². The summed E-state index contributed by atoms with van der Waals surface area (Å²) in [4.78, 5) is 26.0. The van der Waals surface area contributed by atoms with Gasteiger partial charge >= 0.3 is 0 Å². The molecule has 0 spiro atoms. The van der Waals surface area contributed by atoms with Gasteiger partial charge < -0.3 is 15.0 Å². The lowest BCUT2D eigenvalue weighted by atomic mass is 10.1. The third kappa shape index (κ3) is 3.50. The minimum atomic E-state index is -0.343. The van der Waals surface area contributed by atoms with Gasteiger partial charge in [-0.25, -0.2) is 0 Å². The largest absolute Gasteiger partial charge is 0.497 e. The monoisotopic (exact) mass is 314 g/mol. The standard InChI is InChI=1S/C16H18N4O3/c1-23-13-4-2-11(3-5-13)9-20-10-12(8-15(20)21)16(22)18-14-6-7-17-19-14/h2-7,12H,8-10H2,1H3,(H2,17,18,19,22). The highest BCUT2D eigenvalue weighted by Crippen LogP contribution is 2.22. The number of aromatic nitrogens is 2. The number of aromatic amines is 1. The van der Waals surface area contributed by atoms with Crippen LogP contribution >= 0.6 is 0 Å². The van der Waals surface area contributed by atoms with E-state index in [9.17, 15) is 9.59 Å². The average molecular weight is 314 g/mol. The van der Waals surface area contributed by atoms with Gasteiger partial charge in [-0.2, -0.15) is 5.10 Å². The van der Waals surface area contributed by atoms with Gasteiger partial charge in [-0.15, -0.1) is 0 Å². The molecule has 1 atom stereocenters. The molecule has 7 heteroatoms. The molecule has 0 bridgehead atoms. The summed E-state index contributed by atoms with van der Waals surface area (Å²) in [5, 5.41) is 9.18. The maximum atomic E-state index is 12.2. The first-order chi connectivity index (χ1) is 11.2. The molecule has 2 N–H and O–H groups in total. The number of methoxy groups -OCH3 is 1. The van der Waals surface area contributed by atoms with Crippen molar-refractivity contribution in [1.82, 2.24) is 15.1 Å². The summed E-state index contributed by atoms with van der Waals surface area (Å²) in [6.45, 7) is 0.918. The number of anilines is 1. The lowest BCUT2D eigenvalue weighted by Gasteiger charge is -2.16. The number of carbonyl (C=O) groups excluding carboxylic acids is 2. The van der Waals surface area contributed by atoms with Crippen molar-refractivity contribution in [3.63, 3.8) is 0 Å². The van der Waals surface area contributed by atoms with E-state index in [1.165, 1.54) is 0 Å². The highest BCUT2D eigenvalue weighted by atomic mass is 16.5. The number of amides is 2. The first kappa shape index (κ1) is 15.1. The SMILES string of the molecule is COc1ccc(CN2CC(C(=O)Nc3ccn[nH]3)CC2=O)cc1. The summed E-state index contributed by atoms with van der Waals surface area (Å²) in [6.07, 6.45) is 1.79. The minimum absolute atomic E-state index is 0.00872. The van der Waals surface area contributed by atoms with E-state index in [1.807, 2.05) is 24.3 Å². The lowest BCUT2D eigenvalue weighted by molar-refractivity contribution is -0.128. The van der Waals surface area contributed by atoms with Crippen LogP contribution in [0.2, 0.25) is 0 Å². The van der Waals surface area contributed by atoms with Gasteiger partial charge in [-0.3, -0.25) is 14.7 Å². The van der Waals surface area contributed by atoms with Crippen LogP contribution in [0.4, 0.5) is 5.82 Å². The fraction of sp³-hybridized carbons (Fsp3) is 0.312. The molecule has 0 radical (unpaired) electrons. The van der Waals surface area contributed by atoms with Crippen LogP contribution < -0.4 is 10.1 Å². The molecule has 1 aromatic carbocycles. The van der Waals surface area contributed by atoms with Gasteiger partial charge in [-0.05, 0) is 17.7 Å². The number of ether oxygens (including phenoxy) is 1. The van der Waals surface area contributed by atoms with E-state index in [4.69, 9.17) is 4.74 Å². The van der Waals surface area contributed by atoms with E-state index in [-0.39, 0.29) is 24.2 Å². The van der Waals surface area contributed by atoms with Crippen molar-refractivity contribution in [2.45, 2.75) is 13.0 Å². The molecule has 1 unspecified atom stereocenters. The number of hydrogen-bond donors (Lipinski definition) is 2. The molecular formula is C16H18N4O3. The molecule has 2 amide bonds. The van der Waals surface area contributed by atoms with Crippen molar-refractivity contribution in [2.75, 3.05) is 19.0 Å². The zero-order valence-corrected chi connectivity index (χ0v) is 12.8. The Hall–Kier alpha value is -2.83. The first-order valence-corrected chi connectivity index (χ1v) is 7.36. The molecule has 7 nitrogen and oxygen atoms in total. The number of nitrogens with zero attached hydrogens (tertiary/aromatic N) is 2.